The van der Waals surface area contributed by atoms with Gasteiger partial charge in [0.2, 0.25) is 0 Å². The lowest BCUT2D eigenvalue weighted by atomic mass is 9.46. The molecule has 0 amide bonds. The Morgan fingerprint density at radius 3 is 2.27 bits per heavy atom. The van der Waals surface area contributed by atoms with E-state index in [-0.39, 0.29) is 46.3 Å². The molecule has 9 rings (SSSR count). The van der Waals surface area contributed by atoms with E-state index < -0.39 is 5.60 Å². The maximum absolute atomic E-state index is 12.3. The minimum absolute atomic E-state index is 0.0596. The van der Waals surface area contributed by atoms with Gasteiger partial charge in [0.15, 0.2) is 17.3 Å². The van der Waals surface area contributed by atoms with Crippen LogP contribution >= 0.6 is 0 Å². The number of benzene rings is 1. The number of ketones is 3. The molecule has 8 aliphatic rings. The summed E-state index contributed by atoms with van der Waals surface area (Å²) in [6, 6.07) is 8.97. The molecule has 56 heavy (non-hydrogen) atoms. The molecule has 1 aromatic carbocycles. The molecule has 300 valence electrons. The minimum atomic E-state index is -0.914. The van der Waals surface area contributed by atoms with E-state index in [1.54, 1.807) is 5.57 Å². The van der Waals surface area contributed by atoms with Crippen LogP contribution in [0.2, 0.25) is 0 Å². The number of anilines is 1. The van der Waals surface area contributed by atoms with Crippen molar-refractivity contribution in [1.82, 2.24) is 0 Å². The van der Waals surface area contributed by atoms with Crippen LogP contribution in [0.1, 0.15) is 135 Å². The van der Waals surface area contributed by atoms with Gasteiger partial charge in [0, 0.05) is 49.9 Å². The third-order valence-electron chi connectivity index (χ3n) is 17.5. The summed E-state index contributed by atoms with van der Waals surface area (Å²) >= 11 is 0. The average Bonchev–Trinajstić information content (AvgIpc) is 3.67. The quantitative estimate of drug-likeness (QED) is 0.298. The van der Waals surface area contributed by atoms with Gasteiger partial charge in [0.25, 0.3) is 0 Å². The normalized spacial score (nSPS) is 40.8. The Bertz CT molecular complexity index is 1940. The monoisotopic (exact) mass is 759 g/mol. The Morgan fingerprint density at radius 1 is 0.821 bits per heavy atom. The first-order valence-corrected chi connectivity index (χ1v) is 21.9. The second-order valence-corrected chi connectivity index (χ2v) is 20.0. The predicted octanol–water partition coefficient (Wildman–Crippen LogP) is 9.10. The van der Waals surface area contributed by atoms with Crippen molar-refractivity contribution in [3.8, 4) is 11.8 Å². The Morgan fingerprint density at radius 2 is 1.55 bits per heavy atom. The van der Waals surface area contributed by atoms with Crippen LogP contribution in [-0.2, 0) is 14.4 Å². The predicted molar refractivity (Wildman–Crippen MR) is 222 cm³/mol. The van der Waals surface area contributed by atoms with Gasteiger partial charge in [-0.1, -0.05) is 50.0 Å². The van der Waals surface area contributed by atoms with Gasteiger partial charge in [-0.05, 0) is 172 Å². The van der Waals surface area contributed by atoms with Crippen molar-refractivity contribution in [2.75, 3.05) is 25.6 Å². The highest BCUT2D eigenvalue weighted by Gasteiger charge is 2.63. The lowest BCUT2D eigenvalue weighted by molar-refractivity contribution is -0.133. The first-order chi connectivity index (χ1) is 26.7. The molecule has 0 bridgehead atoms. The minimum Gasteiger partial charge on any atom is -0.389 e. The summed E-state index contributed by atoms with van der Waals surface area (Å²) in [5, 5.41) is 21.1. The van der Waals surface area contributed by atoms with Crippen LogP contribution in [0.25, 0.3) is 0 Å². The zero-order chi connectivity index (χ0) is 39.8. The zero-order valence-corrected chi connectivity index (χ0v) is 34.9. The van der Waals surface area contributed by atoms with E-state index in [4.69, 9.17) is 0 Å². The highest BCUT2D eigenvalue weighted by atomic mass is 16.3. The smallest absolute Gasteiger partial charge is 0.161 e. The van der Waals surface area contributed by atoms with Gasteiger partial charge in [-0.2, -0.15) is 0 Å². The SMILES string of the molecule is CC#C[C@]1(O)CC[C@H]2[C@@H]3CCC4=CC(=O)CCC4=C3[C@@H](c3ccc(N(C)C)cc3)C[C@@]21C.C[C@]12CC[C@H]3[C@@H](CCC4=CC(=O)CC[C@@]43C)[C@@H]1CC[C@@H]2C(=O)CO. The van der Waals surface area contributed by atoms with E-state index in [0.717, 1.165) is 70.6 Å². The van der Waals surface area contributed by atoms with Gasteiger partial charge in [-0.25, -0.2) is 0 Å². The largest absolute Gasteiger partial charge is 0.389 e. The van der Waals surface area contributed by atoms with Gasteiger partial charge in [0.1, 0.15) is 12.2 Å². The van der Waals surface area contributed by atoms with Crippen molar-refractivity contribution >= 4 is 23.0 Å². The van der Waals surface area contributed by atoms with Crippen molar-refractivity contribution in [3.63, 3.8) is 0 Å². The van der Waals surface area contributed by atoms with Crippen molar-refractivity contribution < 1.29 is 24.6 Å². The summed E-state index contributed by atoms with van der Waals surface area (Å²) in [5.41, 5.74) is 7.41. The standard InChI is InChI=1S/C29H35NO2.C21H30O3/c1-5-15-29(32)16-14-26-24-12-8-20-17-22(31)11-13-23(20)27(24)25(18-28(26,29)2)19-6-9-21(10-7-19)30(3)4;1-20-9-7-14(23)11-13(20)3-4-15-16-5-6-18(19(24)12-22)21(16,2)10-8-17(15)20/h6-7,9-10,17,24-26,32H,8,11-14,16,18H2,1-4H3;11,15-18,22H,3-10,12H2,1-2H3/t24-,25+,26-,28-,29-;15-,16-,17-,18+,20-,21-/m00/s1. The van der Waals surface area contributed by atoms with Crippen LogP contribution in [0.4, 0.5) is 5.69 Å². The topological polar surface area (TPSA) is 94.9 Å². The molecule has 5 saturated carbocycles. The van der Waals surface area contributed by atoms with E-state index in [0.29, 0.717) is 48.2 Å². The summed E-state index contributed by atoms with van der Waals surface area (Å²) < 4.78 is 0. The van der Waals surface area contributed by atoms with Gasteiger partial charge in [0.05, 0.1) is 0 Å². The van der Waals surface area contributed by atoms with Crippen molar-refractivity contribution in [2.24, 2.45) is 51.8 Å². The van der Waals surface area contributed by atoms with Gasteiger partial charge in [-0.15, -0.1) is 5.92 Å². The molecule has 0 unspecified atom stereocenters. The molecule has 6 heteroatoms. The zero-order valence-electron chi connectivity index (χ0n) is 34.9. The Labute approximate surface area is 335 Å². The second-order valence-electron chi connectivity index (χ2n) is 20.0. The molecule has 8 aliphatic carbocycles. The number of carbonyl (C=O) groups excluding carboxylic acids is 3. The molecule has 0 radical (unpaired) electrons. The number of hydrogen-bond acceptors (Lipinski definition) is 6. The molecule has 0 spiro atoms. The number of Topliss-reactive ketones (excluding diaryl/α,β-unsaturated/α-hetero) is 1. The molecule has 0 aliphatic heterocycles. The summed E-state index contributed by atoms with van der Waals surface area (Å²) in [5.74, 6) is 10.2. The molecule has 5 fully saturated rings. The van der Waals surface area contributed by atoms with Crippen molar-refractivity contribution in [3.05, 3.63) is 64.3 Å². The fourth-order valence-electron chi connectivity index (χ4n) is 14.6. The van der Waals surface area contributed by atoms with E-state index >= 15 is 0 Å². The fraction of sp³-hybridized carbons (Fsp3) is 0.660. The lowest BCUT2D eigenvalue weighted by Gasteiger charge is -2.58. The summed E-state index contributed by atoms with van der Waals surface area (Å²) in [7, 11) is 4.14. The van der Waals surface area contributed by atoms with Crippen molar-refractivity contribution in [1.29, 1.82) is 0 Å². The molecular formula is C50H65NO5. The first kappa shape index (κ1) is 39.6. The van der Waals surface area contributed by atoms with Crippen LogP contribution in [0.5, 0.6) is 0 Å². The molecule has 0 heterocycles. The maximum Gasteiger partial charge on any atom is 0.161 e. The van der Waals surface area contributed by atoms with Gasteiger partial charge in [-0.3, -0.25) is 14.4 Å². The third kappa shape index (κ3) is 6.16. The molecule has 0 saturated heterocycles. The van der Waals surface area contributed by atoms with E-state index in [1.807, 2.05) is 19.1 Å². The molecule has 2 N–H and O–H groups in total. The Hall–Kier alpha value is -3.27. The van der Waals surface area contributed by atoms with Gasteiger partial charge >= 0.3 is 0 Å². The number of aliphatic hydroxyl groups is 2. The summed E-state index contributed by atoms with van der Waals surface area (Å²) in [6.07, 6.45) is 18.5. The third-order valence-corrected chi connectivity index (χ3v) is 17.5. The van der Waals surface area contributed by atoms with Crippen molar-refractivity contribution in [2.45, 2.75) is 136 Å². The lowest BCUT2D eigenvalue weighted by Crippen LogP contribution is -2.51. The van der Waals surface area contributed by atoms with E-state index in [2.05, 4.69) is 75.9 Å². The number of hydrogen-bond donors (Lipinski definition) is 2. The maximum atomic E-state index is 12.3. The molecule has 6 nitrogen and oxygen atoms in total. The van der Waals surface area contributed by atoms with Gasteiger partial charge < -0.3 is 15.1 Å². The first-order valence-electron chi connectivity index (χ1n) is 21.9. The van der Waals surface area contributed by atoms with Crippen LogP contribution < -0.4 is 4.90 Å². The van der Waals surface area contributed by atoms with Crippen LogP contribution in [0.15, 0.2) is 58.7 Å². The molecule has 11 atom stereocenters. The highest BCUT2D eigenvalue weighted by Crippen LogP contribution is 2.68. The molecule has 0 aromatic heterocycles. The number of rotatable bonds is 4. The highest BCUT2D eigenvalue weighted by molar-refractivity contribution is 5.93. The fourth-order valence-corrected chi connectivity index (χ4v) is 14.6. The Balaban J connectivity index is 0.000000164. The molecular weight excluding hydrogens is 695 g/mol. The summed E-state index contributed by atoms with van der Waals surface area (Å²) in [6.45, 7) is 8.56. The number of allylic oxidation sites excluding steroid dienone is 5. The van der Waals surface area contributed by atoms with E-state index in [9.17, 15) is 24.6 Å². The number of fused-ring (bicyclic) bond motifs is 9. The number of nitrogens with zero attached hydrogens (tertiary/aromatic N) is 1. The molecule has 1 aromatic rings. The van der Waals surface area contributed by atoms with Crippen LogP contribution in [0.3, 0.4) is 0 Å². The second kappa shape index (κ2) is 14.5. The number of aliphatic hydroxyl groups excluding tert-OH is 1. The Kier molecular flexibility index (Phi) is 10.3. The summed E-state index contributed by atoms with van der Waals surface area (Å²) in [4.78, 5) is 38.4. The van der Waals surface area contributed by atoms with Crippen LogP contribution in [0, 0.1) is 63.6 Å². The van der Waals surface area contributed by atoms with Crippen LogP contribution in [-0.4, -0.2) is 53.9 Å². The average molecular weight is 760 g/mol. The van der Waals surface area contributed by atoms with E-state index in [1.165, 1.54) is 40.8 Å². The number of carbonyl (C=O) groups is 3.